The van der Waals surface area contributed by atoms with Crippen molar-refractivity contribution in [2.75, 3.05) is 37.6 Å². The van der Waals surface area contributed by atoms with Gasteiger partial charge in [-0.3, -0.25) is 4.79 Å². The number of benzene rings is 3. The summed E-state index contributed by atoms with van der Waals surface area (Å²) in [5, 5.41) is 2.33. The van der Waals surface area contributed by atoms with Gasteiger partial charge in [0.15, 0.2) is 0 Å². The maximum absolute atomic E-state index is 13.3. The van der Waals surface area contributed by atoms with Crippen LogP contribution in [0.3, 0.4) is 0 Å². The maximum Gasteiger partial charge on any atom is 0.274 e. The average Bonchev–Trinajstić information content (AvgIpc) is 3.67. The second-order valence-electron chi connectivity index (χ2n) is 9.41. The second-order valence-corrected chi connectivity index (χ2v) is 13.5. The van der Waals surface area contributed by atoms with Gasteiger partial charge < -0.3 is 9.80 Å². The number of nitrogens with one attached hydrogen (secondary N) is 1. The van der Waals surface area contributed by atoms with Gasteiger partial charge in [0.25, 0.3) is 9.70 Å². The lowest BCUT2D eigenvalue weighted by molar-refractivity contribution is -0.130. The van der Waals surface area contributed by atoms with Crippen molar-refractivity contribution in [2.45, 2.75) is 26.9 Å². The topological polar surface area (TPSA) is 69.7 Å². The highest BCUT2D eigenvalue weighted by molar-refractivity contribution is 7.89. The molecule has 0 spiro atoms. The number of hydrogen-bond donors (Lipinski definition) is 1. The van der Waals surface area contributed by atoms with Crippen molar-refractivity contribution >= 4 is 67.2 Å². The van der Waals surface area contributed by atoms with Crippen LogP contribution in [0.25, 0.3) is 10.8 Å². The molecule has 2 aliphatic rings. The molecule has 1 aliphatic heterocycles. The standard InChI is InChI=1S/C26H26Cl3N3O3S/c27-26(28,29)24(33)32-15-13-31(14-16-32)20-7-4-8-21(17-20)36(34,35)30-18-25(11-12-25)23-10-3-6-19-5-1-2-9-22(19)23/h1-10,17,30H,11-16,18H2. The monoisotopic (exact) mass is 565 g/mol. The fourth-order valence-electron chi connectivity index (χ4n) is 4.89. The Hall–Kier alpha value is -2.03. The molecule has 0 bridgehead atoms. The van der Waals surface area contributed by atoms with Gasteiger partial charge in [-0.15, -0.1) is 0 Å². The van der Waals surface area contributed by atoms with E-state index in [1.165, 1.54) is 15.8 Å². The zero-order chi connectivity index (χ0) is 25.6. The minimum absolute atomic E-state index is 0.184. The molecule has 36 heavy (non-hydrogen) atoms. The minimum Gasteiger partial charge on any atom is -0.368 e. The number of alkyl halides is 3. The largest absolute Gasteiger partial charge is 0.368 e. The van der Waals surface area contributed by atoms with Gasteiger partial charge in [0.2, 0.25) is 10.0 Å². The number of anilines is 1. The summed E-state index contributed by atoms with van der Waals surface area (Å²) in [5.74, 6) is -0.548. The first-order chi connectivity index (χ1) is 17.1. The van der Waals surface area contributed by atoms with Gasteiger partial charge in [-0.25, -0.2) is 13.1 Å². The summed E-state index contributed by atoms with van der Waals surface area (Å²) >= 11 is 17.2. The molecule has 1 saturated heterocycles. The van der Waals surface area contributed by atoms with Crippen LogP contribution in [0.2, 0.25) is 0 Å². The Labute approximate surface area is 226 Å². The highest BCUT2D eigenvalue weighted by atomic mass is 35.6. The van der Waals surface area contributed by atoms with Crippen molar-refractivity contribution in [3.05, 3.63) is 72.3 Å². The van der Waals surface area contributed by atoms with Crippen molar-refractivity contribution < 1.29 is 13.2 Å². The molecule has 1 saturated carbocycles. The van der Waals surface area contributed by atoms with Crippen LogP contribution in [0.4, 0.5) is 5.69 Å². The Morgan fingerprint density at radius 3 is 2.28 bits per heavy atom. The number of carbonyl (C=O) groups excluding carboxylic acids is 1. The zero-order valence-electron chi connectivity index (χ0n) is 19.5. The number of sulfonamides is 1. The lowest BCUT2D eigenvalue weighted by Crippen LogP contribution is -2.51. The zero-order valence-corrected chi connectivity index (χ0v) is 22.5. The Bertz CT molecular complexity index is 1390. The maximum atomic E-state index is 13.3. The van der Waals surface area contributed by atoms with Crippen LogP contribution in [0, 0.1) is 0 Å². The van der Waals surface area contributed by atoms with Crippen LogP contribution in [0.5, 0.6) is 0 Å². The van der Waals surface area contributed by atoms with E-state index in [9.17, 15) is 13.2 Å². The first kappa shape index (κ1) is 25.6. The molecule has 5 rings (SSSR count). The summed E-state index contributed by atoms with van der Waals surface area (Å²) in [6, 6.07) is 21.3. The fraction of sp³-hybridized carbons (Fsp3) is 0.346. The first-order valence-corrected chi connectivity index (χ1v) is 14.4. The van der Waals surface area contributed by atoms with Gasteiger partial charge in [-0.05, 0) is 47.4 Å². The predicted octanol–water partition coefficient (Wildman–Crippen LogP) is 4.87. The molecular weight excluding hydrogens is 541 g/mol. The summed E-state index contributed by atoms with van der Waals surface area (Å²) in [7, 11) is -3.71. The molecule has 0 atom stereocenters. The third-order valence-electron chi connectivity index (χ3n) is 7.12. The summed E-state index contributed by atoms with van der Waals surface area (Å²) in [4.78, 5) is 16.0. The molecule has 0 radical (unpaired) electrons. The van der Waals surface area contributed by atoms with Crippen molar-refractivity contribution in [1.82, 2.24) is 9.62 Å². The summed E-state index contributed by atoms with van der Waals surface area (Å²) in [5.41, 5.74) is 1.78. The van der Waals surface area contributed by atoms with E-state index in [1.54, 1.807) is 18.2 Å². The first-order valence-electron chi connectivity index (χ1n) is 11.8. The predicted molar refractivity (Wildman–Crippen MR) is 146 cm³/mol. The van der Waals surface area contributed by atoms with E-state index < -0.39 is 19.7 Å². The highest BCUT2D eigenvalue weighted by Crippen LogP contribution is 2.50. The Kier molecular flexibility index (Phi) is 6.89. The van der Waals surface area contributed by atoms with Gasteiger partial charge in [0, 0.05) is 43.8 Å². The van der Waals surface area contributed by atoms with Crippen LogP contribution < -0.4 is 9.62 Å². The van der Waals surface area contributed by atoms with Gasteiger partial charge in [-0.1, -0.05) is 83.3 Å². The normalized spacial score (nSPS) is 17.9. The molecule has 0 aromatic heterocycles. The SMILES string of the molecule is O=C(N1CCN(c2cccc(S(=O)(=O)NCC3(c4cccc5ccccc45)CC3)c2)CC1)C(Cl)(Cl)Cl. The second kappa shape index (κ2) is 9.69. The van der Waals surface area contributed by atoms with Gasteiger partial charge >= 0.3 is 0 Å². The smallest absolute Gasteiger partial charge is 0.274 e. The quantitative estimate of drug-likeness (QED) is 0.432. The number of rotatable bonds is 6. The molecular formula is C26H26Cl3N3O3S. The Morgan fingerprint density at radius 2 is 1.58 bits per heavy atom. The van der Waals surface area contributed by atoms with E-state index >= 15 is 0 Å². The number of piperazine rings is 1. The van der Waals surface area contributed by atoms with Crippen LogP contribution in [-0.2, 0) is 20.2 Å². The minimum atomic E-state index is -3.71. The Balaban J connectivity index is 1.28. The molecule has 3 aromatic carbocycles. The van der Waals surface area contributed by atoms with Gasteiger partial charge in [0.05, 0.1) is 4.90 Å². The molecule has 6 nitrogen and oxygen atoms in total. The van der Waals surface area contributed by atoms with Crippen LogP contribution >= 0.6 is 34.8 Å². The molecule has 2 fully saturated rings. The van der Waals surface area contributed by atoms with Crippen LogP contribution in [0.1, 0.15) is 18.4 Å². The van der Waals surface area contributed by atoms with Gasteiger partial charge in [0.1, 0.15) is 0 Å². The van der Waals surface area contributed by atoms with E-state index in [1.807, 2.05) is 29.2 Å². The fourth-order valence-corrected chi connectivity index (χ4v) is 6.42. The lowest BCUT2D eigenvalue weighted by Gasteiger charge is -2.37. The number of fused-ring (bicyclic) bond motifs is 1. The molecule has 190 valence electrons. The Morgan fingerprint density at radius 1 is 0.917 bits per heavy atom. The van der Waals surface area contributed by atoms with E-state index in [4.69, 9.17) is 34.8 Å². The summed E-state index contributed by atoms with van der Waals surface area (Å²) < 4.78 is 27.4. The lowest BCUT2D eigenvalue weighted by atomic mass is 9.91. The highest BCUT2D eigenvalue weighted by Gasteiger charge is 2.45. The third kappa shape index (κ3) is 5.18. The van der Waals surface area contributed by atoms with Gasteiger partial charge in [-0.2, -0.15) is 0 Å². The third-order valence-corrected chi connectivity index (χ3v) is 9.00. The molecule has 3 aromatic rings. The van der Waals surface area contributed by atoms with E-state index in [0.717, 1.165) is 23.9 Å². The van der Waals surface area contributed by atoms with Crippen molar-refractivity contribution in [2.24, 2.45) is 0 Å². The van der Waals surface area contributed by atoms with Crippen LogP contribution in [-0.4, -0.2) is 55.7 Å². The van der Waals surface area contributed by atoms with Crippen LogP contribution in [0.15, 0.2) is 71.6 Å². The van der Waals surface area contributed by atoms with Crippen molar-refractivity contribution in [3.8, 4) is 0 Å². The summed E-state index contributed by atoms with van der Waals surface area (Å²) in [6.45, 7) is 2.14. The van der Waals surface area contributed by atoms with E-state index in [0.29, 0.717) is 32.7 Å². The number of carbonyl (C=O) groups is 1. The molecule has 10 heteroatoms. The number of amides is 1. The molecule has 1 amide bonds. The molecule has 0 unspecified atom stereocenters. The molecule has 1 aliphatic carbocycles. The summed E-state index contributed by atoms with van der Waals surface area (Å²) in [6.07, 6.45) is 1.89. The van der Waals surface area contributed by atoms with E-state index in [-0.39, 0.29) is 10.3 Å². The number of hydrogen-bond acceptors (Lipinski definition) is 4. The van der Waals surface area contributed by atoms with E-state index in [2.05, 4.69) is 29.0 Å². The molecule has 1 heterocycles. The molecule has 1 N–H and O–H groups in total. The number of halogens is 3. The average molecular weight is 567 g/mol. The van der Waals surface area contributed by atoms with Crippen molar-refractivity contribution in [3.63, 3.8) is 0 Å². The number of nitrogens with zero attached hydrogens (tertiary/aromatic N) is 2. The van der Waals surface area contributed by atoms with Crippen molar-refractivity contribution in [1.29, 1.82) is 0 Å².